The number of benzene rings is 1. The fourth-order valence-electron chi connectivity index (χ4n) is 1.31. The van der Waals surface area contributed by atoms with Crippen LogP contribution in [0.2, 0.25) is 0 Å². The highest BCUT2D eigenvalue weighted by Crippen LogP contribution is 2.05. The first-order valence-corrected chi connectivity index (χ1v) is 5.07. The van der Waals surface area contributed by atoms with E-state index in [4.69, 9.17) is 11.2 Å². The van der Waals surface area contributed by atoms with E-state index < -0.39 is 0 Å². The van der Waals surface area contributed by atoms with Crippen LogP contribution in [0.15, 0.2) is 24.3 Å². The minimum atomic E-state index is 0.671. The SMILES string of the molecule is C#CCCNCc1ccc(COC)cc1. The van der Waals surface area contributed by atoms with Crippen LogP contribution in [0.5, 0.6) is 0 Å². The zero-order valence-electron chi connectivity index (χ0n) is 9.12. The Kier molecular flexibility index (Phi) is 5.54. The van der Waals surface area contributed by atoms with Gasteiger partial charge < -0.3 is 10.1 Å². The zero-order chi connectivity index (χ0) is 10.9. The van der Waals surface area contributed by atoms with Crippen LogP contribution in [0.1, 0.15) is 17.5 Å². The molecule has 0 aromatic heterocycles. The fourth-order valence-corrected chi connectivity index (χ4v) is 1.31. The van der Waals surface area contributed by atoms with Crippen LogP contribution < -0.4 is 5.32 Å². The molecule has 0 saturated heterocycles. The predicted octanol–water partition coefficient (Wildman–Crippen LogP) is 1.95. The maximum atomic E-state index is 5.16. The Morgan fingerprint density at radius 2 is 1.93 bits per heavy atom. The van der Waals surface area contributed by atoms with Gasteiger partial charge in [0.2, 0.25) is 0 Å². The van der Waals surface area contributed by atoms with Gasteiger partial charge in [0.15, 0.2) is 0 Å². The van der Waals surface area contributed by atoms with Gasteiger partial charge in [-0.15, -0.1) is 12.3 Å². The summed E-state index contributed by atoms with van der Waals surface area (Å²) < 4.78 is 5.04. The Morgan fingerprint density at radius 1 is 1.27 bits per heavy atom. The standard InChI is InChI=1S/C13H17NO/c1-3-4-9-14-10-12-5-7-13(8-6-12)11-15-2/h1,5-8,14H,4,9-11H2,2H3. The van der Waals surface area contributed by atoms with Gasteiger partial charge in [-0.2, -0.15) is 0 Å². The second-order valence-electron chi connectivity index (χ2n) is 3.38. The van der Waals surface area contributed by atoms with E-state index in [2.05, 4.69) is 35.5 Å². The highest BCUT2D eigenvalue weighted by atomic mass is 16.5. The van der Waals surface area contributed by atoms with Gasteiger partial charge in [0.1, 0.15) is 0 Å². The third kappa shape index (κ3) is 4.64. The van der Waals surface area contributed by atoms with E-state index in [1.807, 2.05) is 0 Å². The molecule has 0 aliphatic heterocycles. The molecular weight excluding hydrogens is 186 g/mol. The molecule has 0 spiro atoms. The van der Waals surface area contributed by atoms with Gasteiger partial charge >= 0.3 is 0 Å². The van der Waals surface area contributed by atoms with E-state index >= 15 is 0 Å². The molecule has 2 nitrogen and oxygen atoms in total. The molecule has 0 atom stereocenters. The highest BCUT2D eigenvalue weighted by Gasteiger charge is 1.93. The van der Waals surface area contributed by atoms with Crippen LogP contribution in [-0.4, -0.2) is 13.7 Å². The van der Waals surface area contributed by atoms with Gasteiger partial charge in [0.05, 0.1) is 6.61 Å². The summed E-state index contributed by atoms with van der Waals surface area (Å²) in [6.45, 7) is 2.41. The minimum absolute atomic E-state index is 0.671. The zero-order valence-corrected chi connectivity index (χ0v) is 9.12. The summed E-state index contributed by atoms with van der Waals surface area (Å²) in [6, 6.07) is 8.39. The summed E-state index contributed by atoms with van der Waals surface area (Å²) in [6.07, 6.45) is 5.94. The second kappa shape index (κ2) is 7.05. The van der Waals surface area contributed by atoms with Gasteiger partial charge in [-0.05, 0) is 11.1 Å². The van der Waals surface area contributed by atoms with E-state index in [-0.39, 0.29) is 0 Å². The molecule has 0 fully saturated rings. The summed E-state index contributed by atoms with van der Waals surface area (Å²) >= 11 is 0. The predicted molar refractivity (Wildman–Crippen MR) is 62.3 cm³/mol. The molecule has 1 aromatic rings. The molecule has 0 amide bonds. The van der Waals surface area contributed by atoms with Gasteiger partial charge in [-0.1, -0.05) is 24.3 Å². The van der Waals surface area contributed by atoms with Crippen molar-refractivity contribution in [3.63, 3.8) is 0 Å². The molecule has 0 unspecified atom stereocenters. The average molecular weight is 203 g/mol. The highest BCUT2D eigenvalue weighted by molar-refractivity contribution is 5.21. The molecule has 1 aromatic carbocycles. The Bertz CT molecular complexity index is 310. The van der Waals surface area contributed by atoms with Crippen molar-refractivity contribution in [1.82, 2.24) is 5.32 Å². The van der Waals surface area contributed by atoms with Gasteiger partial charge in [0, 0.05) is 26.6 Å². The van der Waals surface area contributed by atoms with Crippen molar-refractivity contribution in [3.05, 3.63) is 35.4 Å². The molecule has 0 aliphatic rings. The van der Waals surface area contributed by atoms with Crippen molar-refractivity contribution in [3.8, 4) is 12.3 Å². The third-order valence-electron chi connectivity index (χ3n) is 2.11. The quantitative estimate of drug-likeness (QED) is 0.563. The molecule has 0 heterocycles. The first kappa shape index (κ1) is 11.8. The van der Waals surface area contributed by atoms with Crippen molar-refractivity contribution < 1.29 is 4.74 Å². The summed E-state index contributed by atoms with van der Waals surface area (Å²) in [7, 11) is 1.70. The van der Waals surface area contributed by atoms with Crippen LogP contribution in [0, 0.1) is 12.3 Å². The normalized spacial score (nSPS) is 9.87. The van der Waals surface area contributed by atoms with E-state index in [1.165, 1.54) is 11.1 Å². The number of hydrogen-bond donors (Lipinski definition) is 1. The third-order valence-corrected chi connectivity index (χ3v) is 2.11. The molecule has 0 radical (unpaired) electrons. The van der Waals surface area contributed by atoms with Crippen molar-refractivity contribution in [2.75, 3.05) is 13.7 Å². The Morgan fingerprint density at radius 3 is 2.53 bits per heavy atom. The molecule has 1 N–H and O–H groups in total. The van der Waals surface area contributed by atoms with Crippen molar-refractivity contribution in [2.45, 2.75) is 19.6 Å². The van der Waals surface area contributed by atoms with Crippen molar-refractivity contribution in [1.29, 1.82) is 0 Å². The summed E-state index contributed by atoms with van der Waals surface area (Å²) in [5.41, 5.74) is 2.47. The number of rotatable bonds is 6. The molecule has 0 aliphatic carbocycles. The Labute approximate surface area is 91.6 Å². The maximum Gasteiger partial charge on any atom is 0.0713 e. The van der Waals surface area contributed by atoms with Crippen LogP contribution >= 0.6 is 0 Å². The number of hydrogen-bond acceptors (Lipinski definition) is 2. The average Bonchev–Trinajstić information content (AvgIpc) is 2.27. The van der Waals surface area contributed by atoms with Crippen LogP contribution in [0.3, 0.4) is 0 Å². The second-order valence-corrected chi connectivity index (χ2v) is 3.38. The van der Waals surface area contributed by atoms with Gasteiger partial charge in [-0.25, -0.2) is 0 Å². The number of nitrogens with one attached hydrogen (secondary N) is 1. The smallest absolute Gasteiger partial charge is 0.0713 e. The van der Waals surface area contributed by atoms with Crippen LogP contribution in [0.4, 0.5) is 0 Å². The van der Waals surface area contributed by atoms with Gasteiger partial charge in [-0.3, -0.25) is 0 Å². The van der Waals surface area contributed by atoms with Crippen LogP contribution in [-0.2, 0) is 17.9 Å². The Balaban J connectivity index is 2.33. The molecule has 80 valence electrons. The molecule has 15 heavy (non-hydrogen) atoms. The fraction of sp³-hybridized carbons (Fsp3) is 0.385. The molecule has 1 rings (SSSR count). The topological polar surface area (TPSA) is 21.3 Å². The molecular formula is C13H17NO. The number of methoxy groups -OCH3 is 1. The number of terminal acetylenes is 1. The maximum absolute atomic E-state index is 5.16. The van der Waals surface area contributed by atoms with Gasteiger partial charge in [0.25, 0.3) is 0 Å². The van der Waals surface area contributed by atoms with E-state index in [9.17, 15) is 0 Å². The molecule has 0 bridgehead atoms. The first-order valence-electron chi connectivity index (χ1n) is 5.07. The summed E-state index contributed by atoms with van der Waals surface area (Å²) in [5.74, 6) is 2.60. The monoisotopic (exact) mass is 203 g/mol. The summed E-state index contributed by atoms with van der Waals surface area (Å²) in [4.78, 5) is 0. The lowest BCUT2D eigenvalue weighted by Gasteiger charge is -2.04. The van der Waals surface area contributed by atoms with E-state index in [1.54, 1.807) is 7.11 Å². The Hall–Kier alpha value is -1.30. The van der Waals surface area contributed by atoms with E-state index in [0.717, 1.165) is 19.5 Å². The minimum Gasteiger partial charge on any atom is -0.380 e. The lowest BCUT2D eigenvalue weighted by Crippen LogP contribution is -2.14. The molecule has 2 heteroatoms. The van der Waals surface area contributed by atoms with Crippen LogP contribution in [0.25, 0.3) is 0 Å². The first-order chi connectivity index (χ1) is 7.36. The lowest BCUT2D eigenvalue weighted by molar-refractivity contribution is 0.185. The van der Waals surface area contributed by atoms with E-state index in [0.29, 0.717) is 6.61 Å². The molecule has 0 saturated carbocycles. The number of ether oxygens (including phenoxy) is 1. The lowest BCUT2D eigenvalue weighted by atomic mass is 10.1. The largest absolute Gasteiger partial charge is 0.380 e. The van der Waals surface area contributed by atoms with Crippen molar-refractivity contribution in [2.24, 2.45) is 0 Å². The summed E-state index contributed by atoms with van der Waals surface area (Å²) in [5, 5.41) is 3.28. The van der Waals surface area contributed by atoms with Crippen molar-refractivity contribution >= 4 is 0 Å².